The number of hydrogen-bond acceptors (Lipinski definition) is 4. The van der Waals surface area contributed by atoms with E-state index in [1.807, 2.05) is 0 Å². The van der Waals surface area contributed by atoms with E-state index in [0.717, 1.165) is 0 Å². The highest BCUT2D eigenvalue weighted by Crippen LogP contribution is 2.32. The second-order valence-corrected chi connectivity index (χ2v) is 5.45. The van der Waals surface area contributed by atoms with Gasteiger partial charge in [0.15, 0.2) is 5.82 Å². The number of nitrogens with zero attached hydrogens (tertiary/aromatic N) is 4. The second kappa shape index (κ2) is 5.42. The van der Waals surface area contributed by atoms with Gasteiger partial charge in [0.25, 0.3) is 0 Å². The number of halogens is 3. The van der Waals surface area contributed by atoms with Crippen molar-refractivity contribution in [3.8, 4) is 17.1 Å². The smallest absolute Gasteiger partial charge is 0.188 e. The number of nitrogen functional groups attached to an aromatic ring is 1. The van der Waals surface area contributed by atoms with E-state index < -0.39 is 0 Å². The van der Waals surface area contributed by atoms with Crippen LogP contribution in [0, 0.1) is 5.82 Å². The predicted molar refractivity (Wildman–Crippen MR) is 81.7 cm³/mol. The van der Waals surface area contributed by atoms with Gasteiger partial charge in [-0.3, -0.25) is 0 Å². The Morgan fingerprint density at radius 2 is 2.05 bits per heavy atom. The largest absolute Gasteiger partial charge is 0.398 e. The zero-order valence-corrected chi connectivity index (χ0v) is 12.8. The Morgan fingerprint density at radius 3 is 2.81 bits per heavy atom. The molecule has 21 heavy (non-hydrogen) atoms. The molecule has 0 saturated heterocycles. The van der Waals surface area contributed by atoms with Crippen LogP contribution >= 0.6 is 27.5 Å². The zero-order valence-electron chi connectivity index (χ0n) is 10.5. The third-order valence-corrected chi connectivity index (χ3v) is 3.92. The Balaban J connectivity index is 2.17. The summed E-state index contributed by atoms with van der Waals surface area (Å²) in [6, 6.07) is 9.69. The van der Waals surface area contributed by atoms with Crippen LogP contribution in [0.15, 0.2) is 40.9 Å². The SMILES string of the molecule is Nc1cccc(-c2nnnn2-c2ccc(F)c(Br)c2)c1Cl. The molecule has 3 rings (SSSR count). The molecule has 0 aliphatic rings. The van der Waals surface area contributed by atoms with Gasteiger partial charge in [0.1, 0.15) is 5.82 Å². The summed E-state index contributed by atoms with van der Waals surface area (Å²) in [6.45, 7) is 0. The van der Waals surface area contributed by atoms with Crippen molar-refractivity contribution < 1.29 is 4.39 Å². The Labute approximate surface area is 132 Å². The Hall–Kier alpha value is -1.99. The molecule has 0 saturated carbocycles. The first-order valence-electron chi connectivity index (χ1n) is 5.86. The second-order valence-electron chi connectivity index (χ2n) is 4.22. The summed E-state index contributed by atoms with van der Waals surface area (Å²) < 4.78 is 15.1. The van der Waals surface area contributed by atoms with Crippen molar-refractivity contribution in [1.82, 2.24) is 20.2 Å². The summed E-state index contributed by atoms with van der Waals surface area (Å²) in [5.74, 6) is 0.0566. The van der Waals surface area contributed by atoms with E-state index in [1.54, 1.807) is 30.3 Å². The average Bonchev–Trinajstić information content (AvgIpc) is 2.94. The molecule has 106 valence electrons. The highest BCUT2D eigenvalue weighted by Gasteiger charge is 2.15. The molecular formula is C13H8BrClFN5. The van der Waals surface area contributed by atoms with Crippen LogP contribution in [0.2, 0.25) is 5.02 Å². The van der Waals surface area contributed by atoms with Crippen molar-refractivity contribution in [3.63, 3.8) is 0 Å². The predicted octanol–water partition coefficient (Wildman–Crippen LogP) is 3.47. The van der Waals surface area contributed by atoms with Gasteiger partial charge in [0, 0.05) is 5.56 Å². The number of hydrogen-bond donors (Lipinski definition) is 1. The van der Waals surface area contributed by atoms with Crippen LogP contribution in [-0.4, -0.2) is 20.2 Å². The topological polar surface area (TPSA) is 69.6 Å². The maximum atomic E-state index is 13.3. The Bertz CT molecular complexity index is 820. The van der Waals surface area contributed by atoms with Crippen LogP contribution in [0.25, 0.3) is 17.1 Å². The third-order valence-electron chi connectivity index (χ3n) is 2.89. The molecule has 0 aliphatic carbocycles. The molecule has 2 N–H and O–H groups in total. The fourth-order valence-electron chi connectivity index (χ4n) is 1.87. The number of rotatable bonds is 2. The summed E-state index contributed by atoms with van der Waals surface area (Å²) in [5.41, 5.74) is 7.42. The summed E-state index contributed by atoms with van der Waals surface area (Å²) >= 11 is 9.33. The Kier molecular flexibility index (Phi) is 3.60. The monoisotopic (exact) mass is 367 g/mol. The van der Waals surface area contributed by atoms with Crippen LogP contribution in [0.3, 0.4) is 0 Å². The van der Waals surface area contributed by atoms with Crippen LogP contribution in [0.5, 0.6) is 0 Å². The van der Waals surface area contributed by atoms with Crippen LogP contribution < -0.4 is 5.73 Å². The van der Waals surface area contributed by atoms with E-state index in [0.29, 0.717) is 32.3 Å². The lowest BCUT2D eigenvalue weighted by Gasteiger charge is -2.08. The quantitative estimate of drug-likeness (QED) is 0.703. The highest BCUT2D eigenvalue weighted by molar-refractivity contribution is 9.10. The first-order chi connectivity index (χ1) is 10.1. The van der Waals surface area contributed by atoms with Gasteiger partial charge < -0.3 is 5.73 Å². The molecule has 0 radical (unpaired) electrons. The zero-order chi connectivity index (χ0) is 15.0. The van der Waals surface area contributed by atoms with Crippen molar-refractivity contribution in [3.05, 3.63) is 51.7 Å². The molecule has 8 heteroatoms. The maximum Gasteiger partial charge on any atom is 0.188 e. The van der Waals surface area contributed by atoms with Crippen molar-refractivity contribution in [1.29, 1.82) is 0 Å². The third kappa shape index (κ3) is 2.50. The average molecular weight is 369 g/mol. The molecule has 5 nitrogen and oxygen atoms in total. The summed E-state index contributed by atoms with van der Waals surface area (Å²) in [4.78, 5) is 0. The van der Waals surface area contributed by atoms with Crippen LogP contribution in [0.1, 0.15) is 0 Å². The molecule has 0 aliphatic heterocycles. The van der Waals surface area contributed by atoms with Crippen LogP contribution in [-0.2, 0) is 0 Å². The van der Waals surface area contributed by atoms with Gasteiger partial charge in [-0.2, -0.15) is 4.68 Å². The lowest BCUT2D eigenvalue weighted by atomic mass is 10.2. The number of nitrogens with two attached hydrogens (primary N) is 1. The molecule has 0 unspecified atom stereocenters. The molecule has 1 heterocycles. The van der Waals surface area contributed by atoms with E-state index in [2.05, 4.69) is 31.5 Å². The van der Waals surface area contributed by atoms with E-state index in [1.165, 1.54) is 10.7 Å². The summed E-state index contributed by atoms with van der Waals surface area (Å²) in [7, 11) is 0. The first kappa shape index (κ1) is 14.0. The molecule has 2 aromatic carbocycles. The molecule has 0 bridgehead atoms. The van der Waals surface area contributed by atoms with Crippen LogP contribution in [0.4, 0.5) is 10.1 Å². The van der Waals surface area contributed by atoms with Gasteiger partial charge in [-0.25, -0.2) is 4.39 Å². The first-order valence-corrected chi connectivity index (χ1v) is 7.03. The standard InChI is InChI=1S/C13H8BrClFN5/c14-9-6-7(4-5-10(9)16)21-13(18-19-20-21)8-2-1-3-11(17)12(8)15/h1-6H,17H2. The lowest BCUT2D eigenvalue weighted by Crippen LogP contribution is -2.01. The number of tetrazole rings is 1. The van der Waals surface area contributed by atoms with Gasteiger partial charge in [-0.15, -0.1) is 5.10 Å². The van der Waals surface area contributed by atoms with E-state index in [4.69, 9.17) is 17.3 Å². The maximum absolute atomic E-state index is 13.3. The summed E-state index contributed by atoms with van der Waals surface area (Å²) in [6.07, 6.45) is 0. The van der Waals surface area contributed by atoms with Gasteiger partial charge >= 0.3 is 0 Å². The van der Waals surface area contributed by atoms with Gasteiger partial charge in [-0.1, -0.05) is 17.7 Å². The minimum atomic E-state index is -0.365. The van der Waals surface area contributed by atoms with Crippen molar-refractivity contribution in [2.24, 2.45) is 0 Å². The lowest BCUT2D eigenvalue weighted by molar-refractivity contribution is 0.620. The minimum Gasteiger partial charge on any atom is -0.398 e. The molecule has 1 aromatic heterocycles. The van der Waals surface area contributed by atoms with E-state index in [-0.39, 0.29) is 5.82 Å². The highest BCUT2D eigenvalue weighted by atomic mass is 79.9. The summed E-state index contributed by atoms with van der Waals surface area (Å²) in [5, 5.41) is 11.9. The molecular weight excluding hydrogens is 361 g/mol. The van der Waals surface area contributed by atoms with Crippen molar-refractivity contribution in [2.75, 3.05) is 5.73 Å². The van der Waals surface area contributed by atoms with Crippen molar-refractivity contribution >= 4 is 33.2 Å². The van der Waals surface area contributed by atoms with Gasteiger partial charge in [0.05, 0.1) is 20.9 Å². The fraction of sp³-hybridized carbons (Fsp3) is 0. The number of aromatic nitrogens is 4. The van der Waals surface area contributed by atoms with Gasteiger partial charge in [0.2, 0.25) is 0 Å². The number of anilines is 1. The number of benzene rings is 2. The normalized spacial score (nSPS) is 10.8. The van der Waals surface area contributed by atoms with E-state index in [9.17, 15) is 4.39 Å². The molecule has 0 fully saturated rings. The molecule has 3 aromatic rings. The molecule has 0 spiro atoms. The Morgan fingerprint density at radius 1 is 1.24 bits per heavy atom. The molecule has 0 amide bonds. The minimum absolute atomic E-state index is 0.320. The molecule has 0 atom stereocenters. The van der Waals surface area contributed by atoms with E-state index >= 15 is 0 Å². The van der Waals surface area contributed by atoms with Gasteiger partial charge in [-0.05, 0) is 56.7 Å². The van der Waals surface area contributed by atoms with Crippen molar-refractivity contribution in [2.45, 2.75) is 0 Å². The fourth-order valence-corrected chi connectivity index (χ4v) is 2.45.